The molecule has 0 bridgehead atoms. The molecule has 0 aliphatic heterocycles. The van der Waals surface area contributed by atoms with Gasteiger partial charge in [-0.05, 0) is 6.92 Å². The van der Waals surface area contributed by atoms with Crippen molar-refractivity contribution in [3.63, 3.8) is 0 Å². The molecule has 0 atom stereocenters. The molecule has 0 spiro atoms. The summed E-state index contributed by atoms with van der Waals surface area (Å²) in [7, 11) is 0. The van der Waals surface area contributed by atoms with Gasteiger partial charge >= 0.3 is 0 Å². The van der Waals surface area contributed by atoms with Crippen molar-refractivity contribution in [3.05, 3.63) is 0 Å². The van der Waals surface area contributed by atoms with E-state index >= 15 is 0 Å². The SMILES string of the molecule is CCOCCOCCO.[Cl-]. The van der Waals surface area contributed by atoms with Gasteiger partial charge in [0.05, 0.1) is 26.4 Å². The topological polar surface area (TPSA) is 38.7 Å². The number of aliphatic hydroxyl groups excluding tert-OH is 1. The lowest BCUT2D eigenvalue weighted by atomic mass is 10.7. The highest BCUT2D eigenvalue weighted by atomic mass is 35.5. The Morgan fingerprint density at radius 2 is 1.70 bits per heavy atom. The molecule has 0 aromatic heterocycles. The van der Waals surface area contributed by atoms with Crippen molar-refractivity contribution in [2.75, 3.05) is 33.0 Å². The second kappa shape index (κ2) is 11.9. The van der Waals surface area contributed by atoms with Gasteiger partial charge in [0.1, 0.15) is 0 Å². The smallest absolute Gasteiger partial charge is 0.0701 e. The Hall–Kier alpha value is 0.170. The lowest BCUT2D eigenvalue weighted by Crippen LogP contribution is -3.00. The van der Waals surface area contributed by atoms with Crippen molar-refractivity contribution in [2.24, 2.45) is 0 Å². The van der Waals surface area contributed by atoms with Gasteiger partial charge in [-0.2, -0.15) is 0 Å². The van der Waals surface area contributed by atoms with Crippen molar-refractivity contribution in [1.29, 1.82) is 0 Å². The zero-order chi connectivity index (χ0) is 6.95. The third-order valence-corrected chi connectivity index (χ3v) is 0.812. The molecule has 0 heterocycles. The zero-order valence-corrected chi connectivity index (χ0v) is 6.93. The van der Waals surface area contributed by atoms with Crippen LogP contribution in [-0.4, -0.2) is 38.1 Å². The molecule has 0 saturated heterocycles. The van der Waals surface area contributed by atoms with E-state index in [9.17, 15) is 0 Å². The molecule has 0 aromatic carbocycles. The number of hydrogen-bond acceptors (Lipinski definition) is 3. The van der Waals surface area contributed by atoms with Gasteiger partial charge in [0.15, 0.2) is 0 Å². The van der Waals surface area contributed by atoms with Gasteiger partial charge < -0.3 is 27.0 Å². The summed E-state index contributed by atoms with van der Waals surface area (Å²) in [6.45, 7) is 4.36. The highest BCUT2D eigenvalue weighted by molar-refractivity contribution is 4.28. The summed E-state index contributed by atoms with van der Waals surface area (Å²) < 4.78 is 9.88. The minimum Gasteiger partial charge on any atom is -1.00 e. The number of aliphatic hydroxyl groups is 1. The minimum absolute atomic E-state index is 0. The number of hydrogen-bond donors (Lipinski definition) is 1. The van der Waals surface area contributed by atoms with Gasteiger partial charge in [0, 0.05) is 6.61 Å². The van der Waals surface area contributed by atoms with E-state index in [1.807, 2.05) is 6.92 Å². The summed E-state index contributed by atoms with van der Waals surface area (Å²) in [6.07, 6.45) is 0. The average molecular weight is 170 g/mol. The third kappa shape index (κ3) is 11.0. The second-order valence-electron chi connectivity index (χ2n) is 1.53. The number of halogens is 1. The van der Waals surface area contributed by atoms with Crippen molar-refractivity contribution < 1.29 is 27.0 Å². The lowest BCUT2D eigenvalue weighted by Gasteiger charge is -2.00. The standard InChI is InChI=1S/C6H14O3.ClH/c1-2-8-5-6-9-4-3-7;/h7H,2-6H2,1H3;1H/p-1. The second-order valence-corrected chi connectivity index (χ2v) is 1.53. The Morgan fingerprint density at radius 3 is 2.20 bits per heavy atom. The molecule has 0 unspecified atom stereocenters. The molecule has 64 valence electrons. The van der Waals surface area contributed by atoms with Gasteiger partial charge in [-0.25, -0.2) is 0 Å². The van der Waals surface area contributed by atoms with E-state index < -0.39 is 0 Å². The molecule has 4 heteroatoms. The summed E-state index contributed by atoms with van der Waals surface area (Å²) in [6, 6.07) is 0. The third-order valence-electron chi connectivity index (χ3n) is 0.812. The highest BCUT2D eigenvalue weighted by Crippen LogP contribution is 1.76. The Morgan fingerprint density at radius 1 is 1.10 bits per heavy atom. The van der Waals surface area contributed by atoms with Gasteiger partial charge in [-0.1, -0.05) is 0 Å². The summed E-state index contributed by atoms with van der Waals surface area (Å²) in [5.41, 5.74) is 0. The molecular weight excluding hydrogens is 156 g/mol. The number of rotatable bonds is 6. The quantitative estimate of drug-likeness (QED) is 0.432. The van der Waals surface area contributed by atoms with Crippen LogP contribution in [0.5, 0.6) is 0 Å². The fourth-order valence-electron chi connectivity index (χ4n) is 0.429. The first-order chi connectivity index (χ1) is 4.41. The molecule has 0 saturated carbocycles. The van der Waals surface area contributed by atoms with Crippen molar-refractivity contribution in [1.82, 2.24) is 0 Å². The lowest BCUT2D eigenvalue weighted by molar-refractivity contribution is -0.00000400. The molecule has 3 nitrogen and oxygen atoms in total. The van der Waals surface area contributed by atoms with Gasteiger partial charge in [-0.3, -0.25) is 0 Å². The van der Waals surface area contributed by atoms with Crippen LogP contribution in [0.3, 0.4) is 0 Å². The Labute approximate surface area is 67.7 Å². The van der Waals surface area contributed by atoms with Crippen molar-refractivity contribution in [2.45, 2.75) is 6.92 Å². The molecule has 0 fully saturated rings. The Bertz CT molecular complexity index is 46.3. The van der Waals surface area contributed by atoms with Crippen LogP contribution in [0.2, 0.25) is 0 Å². The van der Waals surface area contributed by atoms with E-state index in [0.29, 0.717) is 19.8 Å². The average Bonchev–Trinajstić information content (AvgIpc) is 1.89. The molecular formula is C6H14ClO3-. The van der Waals surface area contributed by atoms with Gasteiger partial charge in [0.25, 0.3) is 0 Å². The summed E-state index contributed by atoms with van der Waals surface area (Å²) in [4.78, 5) is 0. The van der Waals surface area contributed by atoms with Crippen LogP contribution in [0.4, 0.5) is 0 Å². The predicted octanol–water partition coefficient (Wildman–Crippen LogP) is -2.96. The first kappa shape index (κ1) is 12.8. The monoisotopic (exact) mass is 169 g/mol. The van der Waals surface area contributed by atoms with Crippen LogP contribution < -0.4 is 12.4 Å². The van der Waals surface area contributed by atoms with E-state index in [4.69, 9.17) is 14.6 Å². The van der Waals surface area contributed by atoms with Crippen LogP contribution >= 0.6 is 0 Å². The van der Waals surface area contributed by atoms with Gasteiger partial charge in [-0.15, -0.1) is 0 Å². The van der Waals surface area contributed by atoms with E-state index in [-0.39, 0.29) is 19.0 Å². The van der Waals surface area contributed by atoms with E-state index in [1.165, 1.54) is 0 Å². The first-order valence-electron chi connectivity index (χ1n) is 3.18. The highest BCUT2D eigenvalue weighted by Gasteiger charge is 1.84. The molecule has 0 aliphatic rings. The predicted molar refractivity (Wildman–Crippen MR) is 34.4 cm³/mol. The summed E-state index contributed by atoms with van der Waals surface area (Å²) >= 11 is 0. The maximum absolute atomic E-state index is 8.26. The summed E-state index contributed by atoms with van der Waals surface area (Å²) in [5.74, 6) is 0. The molecule has 10 heavy (non-hydrogen) atoms. The largest absolute Gasteiger partial charge is 1.00 e. The molecule has 0 aromatic rings. The molecule has 0 radical (unpaired) electrons. The van der Waals surface area contributed by atoms with Crippen LogP contribution in [0.25, 0.3) is 0 Å². The molecule has 1 N–H and O–H groups in total. The fourth-order valence-corrected chi connectivity index (χ4v) is 0.429. The van der Waals surface area contributed by atoms with Crippen molar-refractivity contribution in [3.8, 4) is 0 Å². The maximum Gasteiger partial charge on any atom is 0.0701 e. The Kier molecular flexibility index (Phi) is 15.3. The van der Waals surface area contributed by atoms with Crippen LogP contribution in [0.15, 0.2) is 0 Å². The minimum atomic E-state index is 0. The van der Waals surface area contributed by atoms with E-state index in [1.54, 1.807) is 0 Å². The summed E-state index contributed by atoms with van der Waals surface area (Å²) in [5, 5.41) is 8.26. The van der Waals surface area contributed by atoms with Crippen LogP contribution in [0, 0.1) is 0 Å². The molecule has 0 aliphatic carbocycles. The molecule has 0 rings (SSSR count). The van der Waals surface area contributed by atoms with Crippen LogP contribution in [0.1, 0.15) is 6.92 Å². The zero-order valence-electron chi connectivity index (χ0n) is 6.18. The van der Waals surface area contributed by atoms with Gasteiger partial charge in [0.2, 0.25) is 0 Å². The normalized spacial score (nSPS) is 9.00. The van der Waals surface area contributed by atoms with Crippen LogP contribution in [-0.2, 0) is 9.47 Å². The Balaban J connectivity index is 0. The van der Waals surface area contributed by atoms with E-state index in [0.717, 1.165) is 6.61 Å². The first-order valence-corrected chi connectivity index (χ1v) is 3.18. The fraction of sp³-hybridized carbons (Fsp3) is 1.00. The van der Waals surface area contributed by atoms with Crippen molar-refractivity contribution >= 4 is 0 Å². The number of ether oxygens (including phenoxy) is 2. The van der Waals surface area contributed by atoms with E-state index in [2.05, 4.69) is 0 Å². The molecule has 0 amide bonds. The maximum atomic E-state index is 8.26.